The van der Waals surface area contributed by atoms with E-state index in [0.29, 0.717) is 0 Å². The van der Waals surface area contributed by atoms with E-state index in [1.807, 2.05) is 31.2 Å². The first-order valence-electron chi connectivity index (χ1n) is 6.63. The van der Waals surface area contributed by atoms with E-state index in [0.717, 1.165) is 36.9 Å². The molecule has 0 aromatic heterocycles. The standard InChI is InChI=1S/C15H17NO2/c1-10-6-8-11(9-7-10)16-14(17)12-4-2-3-5-13(12)15(16)18/h6-9,12-13H,2-5H2,1H3/t12-,13-/m0/s1. The topological polar surface area (TPSA) is 37.4 Å². The average Bonchev–Trinajstić information content (AvgIpc) is 2.64. The molecule has 0 bridgehead atoms. The molecule has 18 heavy (non-hydrogen) atoms. The average molecular weight is 243 g/mol. The Balaban J connectivity index is 1.95. The van der Waals surface area contributed by atoms with E-state index < -0.39 is 0 Å². The smallest absolute Gasteiger partial charge is 0.237 e. The van der Waals surface area contributed by atoms with E-state index in [2.05, 4.69) is 0 Å². The van der Waals surface area contributed by atoms with Gasteiger partial charge in [-0.05, 0) is 31.9 Å². The minimum Gasteiger partial charge on any atom is -0.274 e. The third kappa shape index (κ3) is 1.65. The lowest BCUT2D eigenvalue weighted by molar-refractivity contribution is -0.122. The molecule has 1 saturated carbocycles. The molecular weight excluding hydrogens is 226 g/mol. The number of carbonyl (C=O) groups excluding carboxylic acids is 2. The van der Waals surface area contributed by atoms with Crippen molar-refractivity contribution in [1.29, 1.82) is 0 Å². The molecule has 3 heteroatoms. The molecule has 1 aromatic rings. The number of imide groups is 1. The molecule has 3 nitrogen and oxygen atoms in total. The second-order valence-electron chi connectivity index (χ2n) is 5.34. The van der Waals surface area contributed by atoms with Crippen LogP contribution < -0.4 is 4.90 Å². The van der Waals surface area contributed by atoms with Gasteiger partial charge >= 0.3 is 0 Å². The molecule has 1 aliphatic carbocycles. The maximum atomic E-state index is 12.3. The fourth-order valence-electron chi connectivity index (χ4n) is 3.11. The van der Waals surface area contributed by atoms with E-state index in [-0.39, 0.29) is 23.7 Å². The Morgan fingerprint density at radius 1 is 0.944 bits per heavy atom. The molecule has 2 atom stereocenters. The van der Waals surface area contributed by atoms with Crippen LogP contribution in [0.4, 0.5) is 5.69 Å². The number of hydrogen-bond donors (Lipinski definition) is 0. The number of carbonyl (C=O) groups is 2. The van der Waals surface area contributed by atoms with Gasteiger partial charge in [-0.3, -0.25) is 14.5 Å². The van der Waals surface area contributed by atoms with Gasteiger partial charge in [-0.15, -0.1) is 0 Å². The van der Waals surface area contributed by atoms with Gasteiger partial charge < -0.3 is 0 Å². The highest BCUT2D eigenvalue weighted by molar-refractivity contribution is 6.22. The molecule has 1 heterocycles. The molecule has 2 fully saturated rings. The van der Waals surface area contributed by atoms with E-state index >= 15 is 0 Å². The summed E-state index contributed by atoms with van der Waals surface area (Å²) in [6, 6.07) is 7.61. The van der Waals surface area contributed by atoms with Crippen LogP contribution in [0.25, 0.3) is 0 Å². The number of benzene rings is 1. The second kappa shape index (κ2) is 4.23. The SMILES string of the molecule is Cc1ccc(N2C(=O)[C@H]3CCCC[C@@H]3C2=O)cc1. The quantitative estimate of drug-likeness (QED) is 0.711. The Labute approximate surface area is 107 Å². The molecule has 1 aliphatic heterocycles. The van der Waals surface area contributed by atoms with Crippen LogP contribution in [-0.2, 0) is 9.59 Å². The first kappa shape index (κ1) is 11.5. The summed E-state index contributed by atoms with van der Waals surface area (Å²) in [5.74, 6) is -0.109. The lowest BCUT2D eigenvalue weighted by Gasteiger charge is -2.19. The fraction of sp³-hybridized carbons (Fsp3) is 0.467. The van der Waals surface area contributed by atoms with Gasteiger partial charge in [0.25, 0.3) is 0 Å². The third-order valence-corrected chi connectivity index (χ3v) is 4.13. The summed E-state index contributed by atoms with van der Waals surface area (Å²) < 4.78 is 0. The summed E-state index contributed by atoms with van der Waals surface area (Å²) in [6.45, 7) is 2.00. The van der Waals surface area contributed by atoms with Gasteiger partial charge in [0.05, 0.1) is 17.5 Å². The van der Waals surface area contributed by atoms with Crippen molar-refractivity contribution in [2.45, 2.75) is 32.6 Å². The highest BCUT2D eigenvalue weighted by Crippen LogP contribution is 2.39. The number of anilines is 1. The van der Waals surface area contributed by atoms with Crippen molar-refractivity contribution in [2.75, 3.05) is 4.90 Å². The Bertz CT molecular complexity index is 468. The van der Waals surface area contributed by atoms with Crippen LogP contribution in [-0.4, -0.2) is 11.8 Å². The van der Waals surface area contributed by atoms with E-state index in [1.165, 1.54) is 4.90 Å². The van der Waals surface area contributed by atoms with Gasteiger partial charge in [0.1, 0.15) is 0 Å². The van der Waals surface area contributed by atoms with Gasteiger partial charge in [0.2, 0.25) is 11.8 Å². The molecule has 3 rings (SSSR count). The molecule has 0 N–H and O–H groups in total. The van der Waals surface area contributed by atoms with Crippen LogP contribution in [0.15, 0.2) is 24.3 Å². The van der Waals surface area contributed by atoms with Crippen molar-refractivity contribution >= 4 is 17.5 Å². The van der Waals surface area contributed by atoms with Crippen molar-refractivity contribution in [3.05, 3.63) is 29.8 Å². The van der Waals surface area contributed by atoms with Crippen molar-refractivity contribution in [1.82, 2.24) is 0 Å². The largest absolute Gasteiger partial charge is 0.274 e. The highest BCUT2D eigenvalue weighted by Gasteiger charge is 2.48. The zero-order chi connectivity index (χ0) is 12.7. The summed E-state index contributed by atoms with van der Waals surface area (Å²) in [4.78, 5) is 26.1. The minimum absolute atomic E-state index is 0.00792. The summed E-state index contributed by atoms with van der Waals surface area (Å²) in [5, 5.41) is 0. The Morgan fingerprint density at radius 3 is 1.94 bits per heavy atom. The van der Waals surface area contributed by atoms with E-state index in [4.69, 9.17) is 0 Å². The first-order valence-corrected chi connectivity index (χ1v) is 6.63. The number of amides is 2. The molecule has 1 saturated heterocycles. The van der Waals surface area contributed by atoms with Gasteiger partial charge in [0.15, 0.2) is 0 Å². The van der Waals surface area contributed by atoms with Crippen molar-refractivity contribution in [3.63, 3.8) is 0 Å². The molecule has 0 unspecified atom stereocenters. The zero-order valence-corrected chi connectivity index (χ0v) is 10.6. The lowest BCUT2D eigenvalue weighted by atomic mass is 9.81. The first-order chi connectivity index (χ1) is 8.68. The number of rotatable bonds is 1. The van der Waals surface area contributed by atoms with E-state index in [9.17, 15) is 9.59 Å². The minimum atomic E-state index is -0.0625. The molecular formula is C15H17NO2. The molecule has 1 aromatic carbocycles. The third-order valence-electron chi connectivity index (χ3n) is 4.13. The molecule has 2 amide bonds. The molecule has 0 radical (unpaired) electrons. The van der Waals surface area contributed by atoms with E-state index in [1.54, 1.807) is 0 Å². The van der Waals surface area contributed by atoms with Crippen LogP contribution in [0.3, 0.4) is 0 Å². The number of nitrogens with zero attached hydrogens (tertiary/aromatic N) is 1. The monoisotopic (exact) mass is 243 g/mol. The van der Waals surface area contributed by atoms with Crippen molar-refractivity contribution < 1.29 is 9.59 Å². The summed E-state index contributed by atoms with van der Waals surface area (Å²) in [7, 11) is 0. The van der Waals surface area contributed by atoms with Crippen molar-refractivity contribution in [3.8, 4) is 0 Å². The summed E-state index contributed by atoms with van der Waals surface area (Å²) in [5.41, 5.74) is 1.86. The van der Waals surface area contributed by atoms with Gasteiger partial charge in [-0.25, -0.2) is 0 Å². The fourth-order valence-corrected chi connectivity index (χ4v) is 3.11. The second-order valence-corrected chi connectivity index (χ2v) is 5.34. The predicted molar refractivity (Wildman–Crippen MR) is 69.1 cm³/mol. The maximum absolute atomic E-state index is 12.3. The highest BCUT2D eigenvalue weighted by atomic mass is 16.2. The van der Waals surface area contributed by atoms with Crippen LogP contribution >= 0.6 is 0 Å². The predicted octanol–water partition coefficient (Wildman–Crippen LogP) is 2.67. The Kier molecular flexibility index (Phi) is 2.69. The summed E-state index contributed by atoms with van der Waals surface area (Å²) in [6.07, 6.45) is 3.89. The summed E-state index contributed by atoms with van der Waals surface area (Å²) >= 11 is 0. The van der Waals surface area contributed by atoms with Crippen LogP contribution in [0.5, 0.6) is 0 Å². The maximum Gasteiger partial charge on any atom is 0.237 e. The normalized spacial score (nSPS) is 27.5. The van der Waals surface area contributed by atoms with Crippen LogP contribution in [0.1, 0.15) is 31.2 Å². The van der Waals surface area contributed by atoms with Crippen molar-refractivity contribution in [2.24, 2.45) is 11.8 Å². The number of hydrogen-bond acceptors (Lipinski definition) is 2. The molecule has 2 aliphatic rings. The number of aryl methyl sites for hydroxylation is 1. The Morgan fingerprint density at radius 2 is 1.44 bits per heavy atom. The van der Waals surface area contributed by atoms with Crippen LogP contribution in [0, 0.1) is 18.8 Å². The van der Waals surface area contributed by atoms with Gasteiger partial charge in [-0.2, -0.15) is 0 Å². The molecule has 0 spiro atoms. The van der Waals surface area contributed by atoms with Gasteiger partial charge in [-0.1, -0.05) is 30.5 Å². The van der Waals surface area contributed by atoms with Gasteiger partial charge in [0, 0.05) is 0 Å². The molecule has 94 valence electrons. The Hall–Kier alpha value is -1.64. The van der Waals surface area contributed by atoms with Crippen LogP contribution in [0.2, 0.25) is 0 Å². The lowest BCUT2D eigenvalue weighted by Crippen LogP contribution is -2.30. The zero-order valence-electron chi connectivity index (χ0n) is 10.6. The number of fused-ring (bicyclic) bond motifs is 1.